The molecule has 0 aromatic heterocycles. The highest BCUT2D eigenvalue weighted by Crippen LogP contribution is 2.21. The van der Waals surface area contributed by atoms with Gasteiger partial charge in [-0.25, -0.2) is 0 Å². The molecular formula is C16H27NO2. The summed E-state index contributed by atoms with van der Waals surface area (Å²) in [7, 11) is 0. The van der Waals surface area contributed by atoms with Crippen molar-refractivity contribution in [3.05, 3.63) is 28.8 Å². The Bertz CT molecular complexity index is 411. The summed E-state index contributed by atoms with van der Waals surface area (Å²) in [6, 6.07) is 3.71. The molecule has 0 aliphatic heterocycles. The van der Waals surface area contributed by atoms with Crippen molar-refractivity contribution >= 4 is 5.78 Å². The lowest BCUT2D eigenvalue weighted by Gasteiger charge is -2.11. The highest BCUT2D eigenvalue weighted by Gasteiger charge is 2.09. The van der Waals surface area contributed by atoms with Crippen LogP contribution in [-0.4, -0.2) is 23.5 Å². The van der Waals surface area contributed by atoms with Crippen molar-refractivity contribution in [1.82, 2.24) is 5.32 Å². The number of ketones is 1. The fourth-order valence-corrected chi connectivity index (χ4v) is 1.69. The van der Waals surface area contributed by atoms with Crippen LogP contribution >= 0.6 is 0 Å². The number of phenolic OH excluding ortho intramolecular Hbond substituents is 1. The summed E-state index contributed by atoms with van der Waals surface area (Å²) in [6.07, 6.45) is 0.376. The van der Waals surface area contributed by atoms with E-state index in [0.717, 1.165) is 16.7 Å². The summed E-state index contributed by atoms with van der Waals surface area (Å²) >= 11 is 0. The summed E-state index contributed by atoms with van der Waals surface area (Å²) in [5.41, 5.74) is 3.02. The maximum absolute atomic E-state index is 11.7. The van der Waals surface area contributed by atoms with Gasteiger partial charge >= 0.3 is 0 Å². The third kappa shape index (κ3) is 6.39. The van der Waals surface area contributed by atoms with Crippen molar-refractivity contribution in [2.45, 2.75) is 54.0 Å². The van der Waals surface area contributed by atoms with E-state index in [1.807, 2.05) is 41.5 Å². The van der Waals surface area contributed by atoms with Crippen molar-refractivity contribution in [2.24, 2.45) is 0 Å². The molecule has 3 heteroatoms. The van der Waals surface area contributed by atoms with Crippen LogP contribution in [0.25, 0.3) is 0 Å². The lowest BCUT2D eigenvalue weighted by Crippen LogP contribution is -2.30. The van der Waals surface area contributed by atoms with E-state index in [9.17, 15) is 9.90 Å². The van der Waals surface area contributed by atoms with Crippen molar-refractivity contribution in [1.29, 1.82) is 0 Å². The second kappa shape index (κ2) is 8.70. The number of hydrogen-bond donors (Lipinski definition) is 2. The number of Topliss-reactive ketones (excluding diaryl/α,β-unsaturated/α-hetero) is 1. The largest absolute Gasteiger partial charge is 0.508 e. The van der Waals surface area contributed by atoms with E-state index < -0.39 is 0 Å². The van der Waals surface area contributed by atoms with E-state index in [1.54, 1.807) is 12.1 Å². The number of hydrogen-bond acceptors (Lipinski definition) is 3. The molecule has 0 atom stereocenters. The Labute approximate surface area is 117 Å². The number of phenols is 1. The summed E-state index contributed by atoms with van der Waals surface area (Å²) < 4.78 is 0. The number of aryl methyl sites for hydroxylation is 1. The third-order valence-electron chi connectivity index (χ3n) is 2.85. The molecule has 108 valence electrons. The number of nitrogens with one attached hydrogen (secondary N) is 1. The van der Waals surface area contributed by atoms with Crippen LogP contribution in [0.3, 0.4) is 0 Å². The van der Waals surface area contributed by atoms with Crippen LogP contribution in [0.4, 0.5) is 0 Å². The number of aromatic hydroxyl groups is 1. The smallest absolute Gasteiger partial charge is 0.150 e. The van der Waals surface area contributed by atoms with Crippen molar-refractivity contribution in [3.63, 3.8) is 0 Å². The van der Waals surface area contributed by atoms with Gasteiger partial charge in [0.15, 0.2) is 5.78 Å². The Kier molecular flexibility index (Phi) is 8.08. The first-order chi connectivity index (χ1) is 8.90. The molecule has 0 amide bonds. The van der Waals surface area contributed by atoms with Crippen molar-refractivity contribution in [3.8, 4) is 5.75 Å². The quantitative estimate of drug-likeness (QED) is 0.860. The second-order valence-electron chi connectivity index (χ2n) is 4.80. The van der Waals surface area contributed by atoms with Crippen LogP contribution in [0.1, 0.15) is 44.4 Å². The van der Waals surface area contributed by atoms with Gasteiger partial charge < -0.3 is 10.4 Å². The summed E-state index contributed by atoms with van der Waals surface area (Å²) in [6.45, 7) is 12.3. The van der Waals surface area contributed by atoms with Gasteiger partial charge in [-0.1, -0.05) is 27.7 Å². The maximum Gasteiger partial charge on any atom is 0.150 e. The zero-order valence-electron chi connectivity index (χ0n) is 13.0. The van der Waals surface area contributed by atoms with E-state index in [1.165, 1.54) is 0 Å². The van der Waals surface area contributed by atoms with Crippen molar-refractivity contribution < 1.29 is 9.90 Å². The first-order valence-corrected chi connectivity index (χ1v) is 6.94. The molecule has 19 heavy (non-hydrogen) atoms. The van der Waals surface area contributed by atoms with Gasteiger partial charge in [0, 0.05) is 12.5 Å². The lowest BCUT2D eigenvalue weighted by atomic mass is 9.98. The predicted molar refractivity (Wildman–Crippen MR) is 80.8 cm³/mol. The average molecular weight is 265 g/mol. The van der Waals surface area contributed by atoms with Crippen LogP contribution in [-0.2, 0) is 11.2 Å². The second-order valence-corrected chi connectivity index (χ2v) is 4.80. The highest BCUT2D eigenvalue weighted by molar-refractivity contribution is 5.83. The molecule has 0 bridgehead atoms. The Morgan fingerprint density at radius 2 is 1.84 bits per heavy atom. The number of carbonyl (C=O) groups is 1. The Morgan fingerprint density at radius 3 is 2.37 bits per heavy atom. The third-order valence-corrected chi connectivity index (χ3v) is 2.85. The molecule has 0 aliphatic rings. The first-order valence-electron chi connectivity index (χ1n) is 6.94. The maximum atomic E-state index is 11.7. The molecule has 1 aromatic carbocycles. The fourth-order valence-electron chi connectivity index (χ4n) is 1.69. The molecule has 1 aromatic rings. The molecule has 0 unspecified atom stereocenters. The van der Waals surface area contributed by atoms with Gasteiger partial charge in [-0.15, -0.1) is 0 Å². The molecule has 0 fully saturated rings. The Hall–Kier alpha value is -1.35. The minimum Gasteiger partial charge on any atom is -0.508 e. The van der Waals surface area contributed by atoms with Crippen LogP contribution in [0.5, 0.6) is 5.75 Å². The van der Waals surface area contributed by atoms with Gasteiger partial charge in [0.1, 0.15) is 5.75 Å². The zero-order chi connectivity index (χ0) is 15.0. The number of rotatable bonds is 5. The molecule has 0 saturated carbocycles. The van der Waals surface area contributed by atoms with Gasteiger partial charge in [-0.05, 0) is 42.7 Å². The number of carbonyl (C=O) groups excluding carboxylic acids is 1. The molecule has 0 spiro atoms. The van der Waals surface area contributed by atoms with Crippen LogP contribution in [0, 0.1) is 13.8 Å². The van der Waals surface area contributed by atoms with E-state index in [4.69, 9.17) is 0 Å². The molecule has 0 heterocycles. The fraction of sp³-hybridized carbons (Fsp3) is 0.562. The molecule has 1 rings (SSSR count). The van der Waals surface area contributed by atoms with Crippen molar-refractivity contribution in [2.75, 3.05) is 6.54 Å². The van der Waals surface area contributed by atoms with Crippen LogP contribution in [0.15, 0.2) is 12.1 Å². The number of benzene rings is 1. The zero-order valence-corrected chi connectivity index (χ0v) is 13.0. The average Bonchev–Trinajstić information content (AvgIpc) is 2.35. The SMILES string of the molecule is CC.Cc1cc(O)cc(CC(=O)CNC(C)C)c1C. The van der Waals surface area contributed by atoms with Gasteiger partial charge in [0.05, 0.1) is 6.54 Å². The van der Waals surface area contributed by atoms with E-state index in [2.05, 4.69) is 5.32 Å². The normalized spacial score (nSPS) is 10.1. The van der Waals surface area contributed by atoms with Gasteiger partial charge in [0.2, 0.25) is 0 Å². The Morgan fingerprint density at radius 1 is 1.26 bits per heavy atom. The molecular weight excluding hydrogens is 238 g/mol. The minimum atomic E-state index is 0.145. The predicted octanol–water partition coefficient (Wildman–Crippen LogP) is 3.14. The van der Waals surface area contributed by atoms with E-state index in [-0.39, 0.29) is 11.5 Å². The summed E-state index contributed by atoms with van der Waals surface area (Å²) in [4.78, 5) is 11.7. The summed E-state index contributed by atoms with van der Waals surface area (Å²) in [5, 5.41) is 12.6. The van der Waals surface area contributed by atoms with E-state index >= 15 is 0 Å². The molecule has 0 saturated heterocycles. The molecule has 0 radical (unpaired) electrons. The van der Waals surface area contributed by atoms with Gasteiger partial charge in [0.25, 0.3) is 0 Å². The van der Waals surface area contributed by atoms with Gasteiger partial charge in [-0.3, -0.25) is 4.79 Å². The first kappa shape index (κ1) is 17.6. The Balaban J connectivity index is 0.00000154. The minimum absolute atomic E-state index is 0.145. The molecule has 0 aliphatic carbocycles. The molecule has 2 N–H and O–H groups in total. The topological polar surface area (TPSA) is 49.3 Å². The van der Waals surface area contributed by atoms with Crippen LogP contribution < -0.4 is 5.32 Å². The van der Waals surface area contributed by atoms with E-state index in [0.29, 0.717) is 19.0 Å². The summed E-state index contributed by atoms with van der Waals surface area (Å²) in [5.74, 6) is 0.375. The van der Waals surface area contributed by atoms with Gasteiger partial charge in [-0.2, -0.15) is 0 Å². The van der Waals surface area contributed by atoms with Crippen LogP contribution in [0.2, 0.25) is 0 Å². The standard InChI is InChI=1S/C14H21NO2.C2H6/c1-9(2)15-8-14(17)7-12-6-13(16)5-10(3)11(12)4;1-2/h5-6,9,15-16H,7-8H2,1-4H3;1-2H3. The highest BCUT2D eigenvalue weighted by atomic mass is 16.3. The lowest BCUT2D eigenvalue weighted by molar-refractivity contribution is -0.117. The molecule has 3 nitrogen and oxygen atoms in total. The monoisotopic (exact) mass is 265 g/mol.